The summed E-state index contributed by atoms with van der Waals surface area (Å²) in [6.07, 6.45) is 0. The molecule has 36 valence electrons. The second kappa shape index (κ2) is 3.43. The van der Waals surface area contributed by atoms with Crippen LogP contribution < -0.4 is 5.73 Å². The highest BCUT2D eigenvalue weighted by molar-refractivity contribution is 8.22. The Morgan fingerprint density at radius 3 is 2.50 bits per heavy atom. The summed E-state index contributed by atoms with van der Waals surface area (Å²) in [5.74, 6) is 0.981. The van der Waals surface area contributed by atoms with Gasteiger partial charge in [-0.2, -0.15) is 0 Å². The summed E-state index contributed by atoms with van der Waals surface area (Å²) in [6, 6.07) is 0. The number of rotatable bonds is 1. The van der Waals surface area contributed by atoms with Gasteiger partial charge in [-0.25, -0.2) is 0 Å². The third-order valence-corrected chi connectivity index (χ3v) is 1.21. The molecule has 2 N–H and O–H groups in total. The molecule has 0 spiro atoms. The van der Waals surface area contributed by atoms with Gasteiger partial charge in [0.2, 0.25) is 0 Å². The Balaban J connectivity index is 2.83. The Kier molecular flexibility index (Phi) is 3.57. The largest absolute Gasteiger partial charge is 0.385 e. The van der Waals surface area contributed by atoms with Gasteiger partial charge in [0.15, 0.2) is 0 Å². The minimum absolute atomic E-state index is 0.539. The van der Waals surface area contributed by atoms with Crippen LogP contribution in [0.15, 0.2) is 0 Å². The molecule has 0 unspecified atom stereocenters. The fourth-order valence-corrected chi connectivity index (χ4v) is 0.780. The molecule has 0 fully saturated rings. The smallest absolute Gasteiger partial charge is 0.131 e. The highest BCUT2D eigenvalue weighted by Gasteiger charge is 1.79. The van der Waals surface area contributed by atoms with E-state index in [2.05, 4.69) is 12.2 Å². The summed E-state index contributed by atoms with van der Waals surface area (Å²) in [4.78, 5) is 0. The average Bonchev–Trinajstić information content (AvgIpc) is 1.35. The fourth-order valence-electron chi connectivity index (χ4n) is 0.142. The van der Waals surface area contributed by atoms with Crippen LogP contribution in [-0.2, 0) is 0 Å². The van der Waals surface area contributed by atoms with Gasteiger partial charge in [0.1, 0.15) is 4.32 Å². The van der Waals surface area contributed by atoms with Gasteiger partial charge in [0.25, 0.3) is 0 Å². The van der Waals surface area contributed by atoms with Crippen LogP contribution in [0.4, 0.5) is 0 Å². The van der Waals surface area contributed by atoms with Crippen molar-refractivity contribution in [2.24, 2.45) is 5.73 Å². The summed E-state index contributed by atoms with van der Waals surface area (Å²) >= 11 is 6.03. The Morgan fingerprint density at radius 1 is 2.00 bits per heavy atom. The van der Waals surface area contributed by atoms with E-state index in [1.165, 1.54) is 11.8 Å². The minimum Gasteiger partial charge on any atom is -0.385 e. The summed E-state index contributed by atoms with van der Waals surface area (Å²) < 4.78 is 0.539. The van der Waals surface area contributed by atoms with Gasteiger partial charge in [-0.1, -0.05) is 30.9 Å². The van der Waals surface area contributed by atoms with E-state index >= 15 is 0 Å². The summed E-state index contributed by atoms with van der Waals surface area (Å²) in [5.41, 5.74) is 5.10. The van der Waals surface area contributed by atoms with Gasteiger partial charge in [0, 0.05) is 0 Å². The van der Waals surface area contributed by atoms with Crippen LogP contribution in [0.2, 0.25) is 0 Å². The second-order valence-corrected chi connectivity index (χ2v) is 2.76. The second-order valence-electron chi connectivity index (χ2n) is 0.752. The molecule has 0 atom stereocenters. The fraction of sp³-hybridized carbons (Fsp3) is 0.667. The van der Waals surface area contributed by atoms with Crippen molar-refractivity contribution in [2.45, 2.75) is 6.92 Å². The molecule has 0 aromatic rings. The summed E-state index contributed by atoms with van der Waals surface area (Å²) in [7, 11) is 0. The van der Waals surface area contributed by atoms with E-state index in [0.29, 0.717) is 4.32 Å². The summed E-state index contributed by atoms with van der Waals surface area (Å²) in [6.45, 7) is 2.02. The Bertz CT molecular complexity index is 52.8. The van der Waals surface area contributed by atoms with Crippen molar-refractivity contribution in [3.63, 3.8) is 0 Å². The minimum atomic E-state index is 0.539. The van der Waals surface area contributed by atoms with Crippen LogP contribution in [0.1, 0.15) is 6.92 Å². The lowest BCUT2D eigenvalue weighted by molar-refractivity contribution is 1.54. The van der Waals surface area contributed by atoms with Gasteiger partial charge in [0.05, 0.1) is 0 Å². The maximum Gasteiger partial charge on any atom is 0.131 e. The lowest BCUT2D eigenvalue weighted by Gasteiger charge is -1.85. The lowest BCUT2D eigenvalue weighted by atomic mass is 11.0. The SMILES string of the molecule is CCSC(N)=S. The van der Waals surface area contributed by atoms with Crippen molar-refractivity contribution in [1.29, 1.82) is 0 Å². The predicted molar refractivity (Wildman–Crippen MR) is 34.9 cm³/mol. The molecule has 0 amide bonds. The molecule has 0 aliphatic carbocycles. The van der Waals surface area contributed by atoms with Crippen LogP contribution in [0, 0.1) is 0 Å². The highest BCUT2D eigenvalue weighted by atomic mass is 32.2. The first kappa shape index (κ1) is 6.24. The Morgan fingerprint density at radius 2 is 2.50 bits per heavy atom. The first-order valence-electron chi connectivity index (χ1n) is 1.69. The van der Waals surface area contributed by atoms with Crippen molar-refractivity contribution in [3.05, 3.63) is 0 Å². The quantitative estimate of drug-likeness (QED) is 0.524. The highest BCUT2D eigenvalue weighted by Crippen LogP contribution is 1.95. The molecule has 6 heavy (non-hydrogen) atoms. The number of hydrogen-bond acceptors (Lipinski definition) is 2. The average molecular weight is 121 g/mol. The van der Waals surface area contributed by atoms with Gasteiger partial charge in [-0.05, 0) is 5.75 Å². The van der Waals surface area contributed by atoms with Gasteiger partial charge in [-0.15, -0.1) is 0 Å². The molecule has 0 bridgehead atoms. The topological polar surface area (TPSA) is 26.0 Å². The van der Waals surface area contributed by atoms with Gasteiger partial charge >= 0.3 is 0 Å². The zero-order valence-electron chi connectivity index (χ0n) is 3.60. The maximum atomic E-state index is 5.10. The van der Waals surface area contributed by atoms with Crippen molar-refractivity contribution < 1.29 is 0 Å². The standard InChI is InChI=1S/C3H7NS2/c1-2-6-3(4)5/h2H2,1H3,(H2,4,5). The number of hydrogen-bond donors (Lipinski definition) is 1. The van der Waals surface area contributed by atoms with E-state index in [0.717, 1.165) is 5.75 Å². The molecule has 0 aromatic heterocycles. The third-order valence-electron chi connectivity index (χ3n) is 0.287. The van der Waals surface area contributed by atoms with Crippen molar-refractivity contribution in [1.82, 2.24) is 0 Å². The van der Waals surface area contributed by atoms with E-state index < -0.39 is 0 Å². The molecule has 3 heteroatoms. The van der Waals surface area contributed by atoms with Gasteiger partial charge in [-0.3, -0.25) is 0 Å². The molecule has 0 aliphatic rings. The summed E-state index contributed by atoms with van der Waals surface area (Å²) in [5, 5.41) is 0. The van der Waals surface area contributed by atoms with E-state index in [1.54, 1.807) is 0 Å². The molecule has 0 radical (unpaired) electrons. The predicted octanol–water partition coefficient (Wildman–Crippen LogP) is 0.983. The molecule has 0 heterocycles. The number of thioether (sulfide) groups is 1. The van der Waals surface area contributed by atoms with E-state index in [4.69, 9.17) is 5.73 Å². The first-order chi connectivity index (χ1) is 2.77. The van der Waals surface area contributed by atoms with Gasteiger partial charge < -0.3 is 5.73 Å². The van der Waals surface area contributed by atoms with Crippen molar-refractivity contribution in [3.8, 4) is 0 Å². The molecule has 0 saturated carbocycles. The van der Waals surface area contributed by atoms with Crippen molar-refractivity contribution in [2.75, 3.05) is 5.75 Å². The number of thiocarbonyl (C=S) groups is 1. The molecule has 0 aliphatic heterocycles. The van der Waals surface area contributed by atoms with Crippen LogP contribution in [0.25, 0.3) is 0 Å². The zero-order chi connectivity index (χ0) is 4.99. The maximum absolute atomic E-state index is 5.10. The van der Waals surface area contributed by atoms with Crippen molar-refractivity contribution >= 4 is 28.3 Å². The molecular weight excluding hydrogens is 114 g/mol. The third kappa shape index (κ3) is 4.24. The van der Waals surface area contributed by atoms with Crippen LogP contribution in [0.5, 0.6) is 0 Å². The van der Waals surface area contributed by atoms with E-state index in [9.17, 15) is 0 Å². The Hall–Kier alpha value is 0.240. The zero-order valence-corrected chi connectivity index (χ0v) is 5.23. The molecule has 0 aromatic carbocycles. The van der Waals surface area contributed by atoms with Crippen LogP contribution in [-0.4, -0.2) is 10.1 Å². The van der Waals surface area contributed by atoms with E-state index in [-0.39, 0.29) is 0 Å². The molecule has 0 rings (SSSR count). The normalized spacial score (nSPS) is 8.17. The number of nitrogens with two attached hydrogens (primary N) is 1. The van der Waals surface area contributed by atoms with Crippen LogP contribution >= 0.6 is 24.0 Å². The molecule has 1 nitrogen and oxygen atoms in total. The van der Waals surface area contributed by atoms with Crippen LogP contribution in [0.3, 0.4) is 0 Å². The first-order valence-corrected chi connectivity index (χ1v) is 3.09. The molecule has 0 saturated heterocycles. The monoisotopic (exact) mass is 121 g/mol. The molecular formula is C3H7NS2. The Labute approximate surface area is 47.3 Å². The lowest BCUT2D eigenvalue weighted by Crippen LogP contribution is -2.00. The van der Waals surface area contributed by atoms with E-state index in [1.807, 2.05) is 6.92 Å².